The Balaban J connectivity index is 1.99. The maximum absolute atomic E-state index is 5.63. The first-order valence-corrected chi connectivity index (χ1v) is 6.68. The molecule has 0 fully saturated rings. The van der Waals surface area contributed by atoms with Gasteiger partial charge in [0.05, 0.1) is 18.5 Å². The minimum absolute atomic E-state index is 0.0841. The fraction of sp³-hybridized carbons (Fsp3) is 0.333. The molecule has 0 aliphatic carbocycles. The van der Waals surface area contributed by atoms with Crippen LogP contribution in [0.15, 0.2) is 36.7 Å². The average Bonchev–Trinajstić information content (AvgIpc) is 2.45. The van der Waals surface area contributed by atoms with Gasteiger partial charge in [0, 0.05) is 13.1 Å². The second-order valence-electron chi connectivity index (χ2n) is 4.79. The molecular weight excluding hydrogens is 252 g/mol. The van der Waals surface area contributed by atoms with E-state index < -0.39 is 0 Å². The highest BCUT2D eigenvalue weighted by atomic mass is 16.5. The predicted octanol–water partition coefficient (Wildman–Crippen LogP) is 2.33. The van der Waals surface area contributed by atoms with Crippen LogP contribution < -0.4 is 15.8 Å². The number of anilines is 1. The maximum atomic E-state index is 5.63. The molecule has 0 radical (unpaired) electrons. The third kappa shape index (κ3) is 4.20. The van der Waals surface area contributed by atoms with Crippen molar-refractivity contribution in [1.29, 1.82) is 0 Å². The lowest BCUT2D eigenvalue weighted by molar-refractivity contribution is 0.232. The van der Waals surface area contributed by atoms with E-state index in [1.807, 2.05) is 32.0 Å². The van der Waals surface area contributed by atoms with E-state index >= 15 is 0 Å². The van der Waals surface area contributed by atoms with E-state index in [9.17, 15) is 0 Å². The van der Waals surface area contributed by atoms with Gasteiger partial charge >= 0.3 is 0 Å². The summed E-state index contributed by atoms with van der Waals surface area (Å²) >= 11 is 0. The number of hydrogen-bond donors (Lipinski definition) is 2. The summed E-state index contributed by atoms with van der Waals surface area (Å²) in [6, 6.07) is 8.15. The third-order valence-corrected chi connectivity index (χ3v) is 2.67. The highest BCUT2D eigenvalue weighted by Gasteiger charge is 2.02. The Labute approximate surface area is 119 Å². The number of nitrogens with zero attached hydrogens (tertiary/aromatic N) is 2. The molecule has 1 aromatic carbocycles. The molecule has 5 heteroatoms. The topological polar surface area (TPSA) is 73.1 Å². The molecule has 2 aromatic rings. The number of ether oxygens (including phenoxy) is 1. The van der Waals surface area contributed by atoms with Crippen LogP contribution in [0, 0.1) is 0 Å². The first kappa shape index (κ1) is 14.3. The van der Waals surface area contributed by atoms with E-state index in [1.165, 1.54) is 0 Å². The van der Waals surface area contributed by atoms with Crippen molar-refractivity contribution in [1.82, 2.24) is 9.97 Å². The summed E-state index contributed by atoms with van der Waals surface area (Å²) in [6.45, 7) is 5.14. The summed E-state index contributed by atoms with van der Waals surface area (Å²) in [5, 5.41) is 3.23. The van der Waals surface area contributed by atoms with Crippen LogP contribution in [0.25, 0.3) is 0 Å². The molecule has 0 amide bonds. The quantitative estimate of drug-likeness (QED) is 0.844. The van der Waals surface area contributed by atoms with Crippen molar-refractivity contribution in [2.45, 2.75) is 33.0 Å². The van der Waals surface area contributed by atoms with Crippen LogP contribution in [0.1, 0.15) is 25.0 Å². The second kappa shape index (κ2) is 6.86. The molecule has 5 nitrogen and oxygen atoms in total. The Hall–Kier alpha value is -2.14. The van der Waals surface area contributed by atoms with E-state index in [0.717, 1.165) is 11.1 Å². The Morgan fingerprint density at radius 1 is 1.25 bits per heavy atom. The fourth-order valence-electron chi connectivity index (χ4n) is 1.79. The van der Waals surface area contributed by atoms with E-state index in [0.29, 0.717) is 24.8 Å². The van der Waals surface area contributed by atoms with Gasteiger partial charge in [-0.1, -0.05) is 24.3 Å². The molecule has 20 heavy (non-hydrogen) atoms. The Kier molecular flexibility index (Phi) is 4.90. The molecule has 1 aromatic heterocycles. The second-order valence-corrected chi connectivity index (χ2v) is 4.79. The highest BCUT2D eigenvalue weighted by Crippen LogP contribution is 2.12. The van der Waals surface area contributed by atoms with Gasteiger partial charge in [0.15, 0.2) is 0 Å². The SMILES string of the molecule is CC(C)Oc1cncc(NCc2cccc(CN)c2)n1. The average molecular weight is 272 g/mol. The summed E-state index contributed by atoms with van der Waals surface area (Å²) in [4.78, 5) is 8.46. The number of rotatable bonds is 6. The Morgan fingerprint density at radius 3 is 2.80 bits per heavy atom. The summed E-state index contributed by atoms with van der Waals surface area (Å²) in [7, 11) is 0. The van der Waals surface area contributed by atoms with Gasteiger partial charge in [-0.15, -0.1) is 0 Å². The maximum Gasteiger partial charge on any atom is 0.234 e. The van der Waals surface area contributed by atoms with Crippen molar-refractivity contribution < 1.29 is 4.74 Å². The zero-order valence-corrected chi connectivity index (χ0v) is 11.8. The van der Waals surface area contributed by atoms with E-state index in [1.54, 1.807) is 12.4 Å². The van der Waals surface area contributed by atoms with Gasteiger partial charge in [0.2, 0.25) is 5.88 Å². The molecule has 0 saturated heterocycles. The first-order chi connectivity index (χ1) is 9.67. The van der Waals surface area contributed by atoms with Gasteiger partial charge in [-0.2, -0.15) is 4.98 Å². The molecule has 0 aliphatic rings. The van der Waals surface area contributed by atoms with Crippen LogP contribution in [0.5, 0.6) is 5.88 Å². The molecule has 106 valence electrons. The molecule has 0 saturated carbocycles. The number of benzene rings is 1. The normalized spacial score (nSPS) is 10.6. The smallest absolute Gasteiger partial charge is 0.234 e. The molecule has 2 rings (SSSR count). The van der Waals surface area contributed by atoms with Gasteiger partial charge in [-0.05, 0) is 25.0 Å². The fourth-order valence-corrected chi connectivity index (χ4v) is 1.79. The van der Waals surface area contributed by atoms with Crippen molar-refractivity contribution in [3.05, 3.63) is 47.8 Å². The van der Waals surface area contributed by atoms with Crippen molar-refractivity contribution in [3.63, 3.8) is 0 Å². The molecular formula is C15H20N4O. The minimum Gasteiger partial charge on any atom is -0.474 e. The first-order valence-electron chi connectivity index (χ1n) is 6.68. The lowest BCUT2D eigenvalue weighted by Crippen LogP contribution is -2.09. The highest BCUT2D eigenvalue weighted by molar-refractivity contribution is 5.35. The van der Waals surface area contributed by atoms with Gasteiger partial charge in [-0.3, -0.25) is 4.98 Å². The Morgan fingerprint density at radius 2 is 2.05 bits per heavy atom. The van der Waals surface area contributed by atoms with Gasteiger partial charge < -0.3 is 15.8 Å². The monoisotopic (exact) mass is 272 g/mol. The van der Waals surface area contributed by atoms with Crippen LogP contribution in [0.4, 0.5) is 5.82 Å². The van der Waals surface area contributed by atoms with Crippen LogP contribution in [-0.4, -0.2) is 16.1 Å². The molecule has 0 bridgehead atoms. The lowest BCUT2D eigenvalue weighted by Gasteiger charge is -2.10. The zero-order valence-electron chi connectivity index (χ0n) is 11.8. The Bertz CT molecular complexity index is 557. The van der Waals surface area contributed by atoms with Crippen LogP contribution in [-0.2, 0) is 13.1 Å². The van der Waals surface area contributed by atoms with Crippen molar-refractivity contribution in [2.75, 3.05) is 5.32 Å². The van der Waals surface area contributed by atoms with Gasteiger partial charge in [-0.25, -0.2) is 0 Å². The standard InChI is InChI=1S/C15H20N4O/c1-11(2)20-15-10-17-9-14(19-15)18-8-13-5-3-4-12(6-13)7-16/h3-6,9-11H,7-8,16H2,1-2H3,(H,18,19). The van der Waals surface area contributed by atoms with E-state index in [2.05, 4.69) is 21.4 Å². The van der Waals surface area contributed by atoms with Gasteiger partial charge in [0.25, 0.3) is 0 Å². The van der Waals surface area contributed by atoms with Crippen molar-refractivity contribution in [3.8, 4) is 5.88 Å². The molecule has 0 spiro atoms. The van der Waals surface area contributed by atoms with Crippen LogP contribution >= 0.6 is 0 Å². The van der Waals surface area contributed by atoms with Crippen LogP contribution in [0.2, 0.25) is 0 Å². The lowest BCUT2D eigenvalue weighted by atomic mass is 10.1. The van der Waals surface area contributed by atoms with Gasteiger partial charge in [0.1, 0.15) is 5.82 Å². The zero-order chi connectivity index (χ0) is 14.4. The molecule has 0 unspecified atom stereocenters. The minimum atomic E-state index is 0.0841. The third-order valence-electron chi connectivity index (χ3n) is 2.67. The van der Waals surface area contributed by atoms with E-state index in [-0.39, 0.29) is 6.10 Å². The van der Waals surface area contributed by atoms with Crippen LogP contribution in [0.3, 0.4) is 0 Å². The number of hydrogen-bond acceptors (Lipinski definition) is 5. The summed E-state index contributed by atoms with van der Waals surface area (Å²) in [6.07, 6.45) is 3.38. The summed E-state index contributed by atoms with van der Waals surface area (Å²) in [5.41, 5.74) is 7.91. The molecule has 0 atom stereocenters. The number of aromatic nitrogens is 2. The largest absolute Gasteiger partial charge is 0.474 e. The summed E-state index contributed by atoms with van der Waals surface area (Å²) in [5.74, 6) is 1.22. The molecule has 1 heterocycles. The summed E-state index contributed by atoms with van der Waals surface area (Å²) < 4.78 is 5.51. The van der Waals surface area contributed by atoms with Crippen molar-refractivity contribution >= 4 is 5.82 Å². The predicted molar refractivity (Wildman–Crippen MR) is 79.5 cm³/mol. The van der Waals surface area contributed by atoms with E-state index in [4.69, 9.17) is 10.5 Å². The molecule has 3 N–H and O–H groups in total. The molecule has 0 aliphatic heterocycles. The number of nitrogens with one attached hydrogen (secondary N) is 1. The van der Waals surface area contributed by atoms with Crippen molar-refractivity contribution in [2.24, 2.45) is 5.73 Å². The number of nitrogens with two attached hydrogens (primary N) is 1.